The van der Waals surface area contributed by atoms with Crippen LogP contribution >= 0.6 is 12.2 Å². The van der Waals surface area contributed by atoms with E-state index in [-0.39, 0.29) is 6.04 Å². The van der Waals surface area contributed by atoms with E-state index >= 15 is 0 Å². The molecule has 1 heterocycles. The second kappa shape index (κ2) is 4.65. The average molecular weight is 296 g/mol. The quantitative estimate of drug-likeness (QED) is 0.724. The lowest BCUT2D eigenvalue weighted by molar-refractivity contribution is 0.195. The summed E-state index contributed by atoms with van der Waals surface area (Å²) in [5, 5.41) is 0. The van der Waals surface area contributed by atoms with Gasteiger partial charge in [0.2, 0.25) is 0 Å². The third-order valence-corrected chi connectivity index (χ3v) is 4.72. The first-order valence-electron chi connectivity index (χ1n) is 6.97. The van der Waals surface area contributed by atoms with Gasteiger partial charge in [0.1, 0.15) is 11.3 Å². The van der Waals surface area contributed by atoms with Crippen molar-refractivity contribution in [2.24, 2.45) is 5.41 Å². The molecule has 0 spiro atoms. The second-order valence-corrected chi connectivity index (χ2v) is 6.86. The molecular formula is C15H18F2N2S. The first-order chi connectivity index (χ1) is 9.37. The van der Waals surface area contributed by atoms with Gasteiger partial charge in [-0.15, -0.1) is 0 Å². The van der Waals surface area contributed by atoms with Crippen LogP contribution in [0, 0.1) is 21.8 Å². The van der Waals surface area contributed by atoms with Gasteiger partial charge >= 0.3 is 0 Å². The molecule has 0 unspecified atom stereocenters. The van der Waals surface area contributed by atoms with Crippen LogP contribution in [-0.2, 0) is 0 Å². The normalized spacial score (nSPS) is 19.6. The highest BCUT2D eigenvalue weighted by atomic mass is 32.1. The minimum Gasteiger partial charge on any atom is -0.328 e. The van der Waals surface area contributed by atoms with E-state index in [0.717, 1.165) is 31.7 Å². The first kappa shape index (κ1) is 13.7. The molecule has 1 aliphatic rings. The van der Waals surface area contributed by atoms with Gasteiger partial charge in [0.15, 0.2) is 10.6 Å². The van der Waals surface area contributed by atoms with E-state index in [0.29, 0.717) is 21.2 Å². The van der Waals surface area contributed by atoms with Crippen LogP contribution < -0.4 is 0 Å². The van der Waals surface area contributed by atoms with Gasteiger partial charge in [-0.1, -0.05) is 13.8 Å². The van der Waals surface area contributed by atoms with Gasteiger partial charge in [-0.25, -0.2) is 8.78 Å². The number of imidazole rings is 1. The molecule has 108 valence electrons. The predicted molar refractivity (Wildman–Crippen MR) is 78.3 cm³/mol. The van der Waals surface area contributed by atoms with Crippen molar-refractivity contribution in [2.75, 3.05) is 0 Å². The smallest absolute Gasteiger partial charge is 0.178 e. The maximum absolute atomic E-state index is 13.8. The van der Waals surface area contributed by atoms with Crippen molar-refractivity contribution in [3.05, 3.63) is 28.5 Å². The Labute approximate surface area is 121 Å². The van der Waals surface area contributed by atoms with Crippen molar-refractivity contribution in [2.45, 2.75) is 45.6 Å². The van der Waals surface area contributed by atoms with Gasteiger partial charge < -0.3 is 9.55 Å². The fraction of sp³-hybridized carbons (Fsp3) is 0.533. The summed E-state index contributed by atoms with van der Waals surface area (Å²) in [6, 6.07) is 2.48. The maximum atomic E-state index is 13.8. The Kier molecular flexibility index (Phi) is 3.20. The summed E-state index contributed by atoms with van der Waals surface area (Å²) < 4.78 is 29.7. The van der Waals surface area contributed by atoms with E-state index < -0.39 is 11.6 Å². The highest BCUT2D eigenvalue weighted by Crippen LogP contribution is 2.41. The zero-order valence-electron chi connectivity index (χ0n) is 11.7. The fourth-order valence-electron chi connectivity index (χ4n) is 3.16. The standard InChI is InChI=1S/C15H18F2N2S/c1-15(2)5-3-10(4-6-15)19-12-8-9(16)7-11(17)13(12)18-14(19)20/h7-8,10H,3-6H2,1-2H3,(H,18,20). The zero-order valence-corrected chi connectivity index (χ0v) is 12.5. The Morgan fingerprint density at radius 1 is 1.25 bits per heavy atom. The third-order valence-electron chi connectivity index (χ3n) is 4.42. The molecular weight excluding hydrogens is 278 g/mol. The van der Waals surface area contributed by atoms with Crippen LogP contribution in [0.2, 0.25) is 0 Å². The molecule has 1 aromatic heterocycles. The third kappa shape index (κ3) is 2.28. The van der Waals surface area contributed by atoms with E-state index in [9.17, 15) is 8.78 Å². The highest BCUT2D eigenvalue weighted by molar-refractivity contribution is 7.71. The summed E-state index contributed by atoms with van der Waals surface area (Å²) in [6.07, 6.45) is 4.19. The lowest BCUT2D eigenvalue weighted by Gasteiger charge is -2.35. The summed E-state index contributed by atoms with van der Waals surface area (Å²) in [5.41, 5.74) is 1.19. The molecule has 1 saturated carbocycles. The van der Waals surface area contributed by atoms with Crippen molar-refractivity contribution < 1.29 is 8.78 Å². The number of hydrogen-bond donors (Lipinski definition) is 1. The number of aromatic nitrogens is 2. The highest BCUT2D eigenvalue weighted by Gasteiger charge is 2.29. The van der Waals surface area contributed by atoms with E-state index in [1.165, 1.54) is 6.07 Å². The Balaban J connectivity index is 2.08. The number of rotatable bonds is 1. The molecule has 2 aromatic rings. The summed E-state index contributed by atoms with van der Waals surface area (Å²) in [4.78, 5) is 2.88. The molecule has 1 aromatic carbocycles. The molecule has 0 aliphatic heterocycles. The molecule has 1 aliphatic carbocycles. The number of H-pyrrole nitrogens is 1. The zero-order chi connectivity index (χ0) is 14.5. The van der Waals surface area contributed by atoms with Crippen LogP contribution in [0.5, 0.6) is 0 Å². The summed E-state index contributed by atoms with van der Waals surface area (Å²) in [6.45, 7) is 4.52. The lowest BCUT2D eigenvalue weighted by atomic mass is 9.75. The number of halogens is 2. The van der Waals surface area contributed by atoms with Gasteiger partial charge in [0.05, 0.1) is 5.52 Å². The number of fused-ring (bicyclic) bond motifs is 1. The molecule has 1 N–H and O–H groups in total. The van der Waals surface area contributed by atoms with Gasteiger partial charge in [0, 0.05) is 12.1 Å². The van der Waals surface area contributed by atoms with Gasteiger partial charge in [-0.05, 0) is 49.4 Å². The minimum atomic E-state index is -0.582. The molecule has 0 saturated heterocycles. The van der Waals surface area contributed by atoms with E-state index in [4.69, 9.17) is 12.2 Å². The topological polar surface area (TPSA) is 20.7 Å². The minimum absolute atomic E-state index is 0.227. The monoisotopic (exact) mass is 296 g/mol. The Bertz CT molecular complexity index is 704. The molecule has 5 heteroatoms. The number of nitrogens with one attached hydrogen (secondary N) is 1. The number of hydrogen-bond acceptors (Lipinski definition) is 1. The summed E-state index contributed by atoms with van der Waals surface area (Å²) in [7, 11) is 0. The van der Waals surface area contributed by atoms with E-state index in [2.05, 4.69) is 18.8 Å². The molecule has 0 atom stereocenters. The van der Waals surface area contributed by atoms with E-state index in [1.54, 1.807) is 0 Å². The summed E-state index contributed by atoms with van der Waals surface area (Å²) in [5.74, 6) is -1.14. The van der Waals surface area contributed by atoms with Gasteiger partial charge in [-0.2, -0.15) is 0 Å². The molecule has 0 bridgehead atoms. The van der Waals surface area contributed by atoms with Crippen molar-refractivity contribution in [3.8, 4) is 0 Å². The van der Waals surface area contributed by atoms with E-state index in [1.807, 2.05) is 4.57 Å². The largest absolute Gasteiger partial charge is 0.328 e. The molecule has 0 radical (unpaired) electrons. The van der Waals surface area contributed by atoms with Crippen molar-refractivity contribution in [1.29, 1.82) is 0 Å². The SMILES string of the molecule is CC1(C)CCC(n2c(=S)[nH]c3c(F)cc(F)cc32)CC1. The fourth-order valence-corrected chi connectivity index (χ4v) is 3.50. The van der Waals surface area contributed by atoms with Crippen LogP contribution in [0.1, 0.15) is 45.6 Å². The van der Waals surface area contributed by atoms with Gasteiger partial charge in [-0.3, -0.25) is 0 Å². The van der Waals surface area contributed by atoms with Crippen molar-refractivity contribution in [1.82, 2.24) is 9.55 Å². The van der Waals surface area contributed by atoms with Crippen LogP contribution in [0.15, 0.2) is 12.1 Å². The average Bonchev–Trinajstić information content (AvgIpc) is 2.67. The maximum Gasteiger partial charge on any atom is 0.178 e. The van der Waals surface area contributed by atoms with Crippen LogP contribution in [-0.4, -0.2) is 9.55 Å². The molecule has 0 amide bonds. The van der Waals surface area contributed by atoms with Crippen molar-refractivity contribution >= 4 is 23.3 Å². The van der Waals surface area contributed by atoms with Crippen molar-refractivity contribution in [3.63, 3.8) is 0 Å². The molecule has 3 rings (SSSR count). The Morgan fingerprint density at radius 2 is 1.90 bits per heavy atom. The Hall–Kier alpha value is -1.23. The predicted octanol–water partition coefficient (Wildman–Crippen LogP) is 5.12. The van der Waals surface area contributed by atoms with Crippen LogP contribution in [0.3, 0.4) is 0 Å². The molecule has 2 nitrogen and oxygen atoms in total. The van der Waals surface area contributed by atoms with Crippen LogP contribution in [0.25, 0.3) is 11.0 Å². The Morgan fingerprint density at radius 3 is 2.55 bits per heavy atom. The van der Waals surface area contributed by atoms with Crippen LogP contribution in [0.4, 0.5) is 8.78 Å². The first-order valence-corrected chi connectivity index (χ1v) is 7.37. The molecule has 1 fully saturated rings. The number of aromatic amines is 1. The number of benzene rings is 1. The summed E-state index contributed by atoms with van der Waals surface area (Å²) >= 11 is 5.31. The van der Waals surface area contributed by atoms with Gasteiger partial charge in [0.25, 0.3) is 0 Å². The molecule has 20 heavy (non-hydrogen) atoms. The number of nitrogens with zero attached hydrogens (tertiary/aromatic N) is 1. The second-order valence-electron chi connectivity index (χ2n) is 6.48. The lowest BCUT2D eigenvalue weighted by Crippen LogP contribution is -2.23.